The number of aryl methyl sites for hydroxylation is 1. The molecule has 1 rings (SSSR count). The third kappa shape index (κ3) is 5.05. The van der Waals surface area contributed by atoms with Gasteiger partial charge in [0.1, 0.15) is 12.4 Å². The molecule has 0 fully saturated rings. The van der Waals surface area contributed by atoms with Crippen LogP contribution in [0.5, 0.6) is 0 Å². The zero-order chi connectivity index (χ0) is 15.6. The van der Waals surface area contributed by atoms with Crippen molar-refractivity contribution in [3.8, 4) is 0 Å². The Labute approximate surface area is 113 Å². The minimum Gasteiger partial charge on any atom is -0.384 e. The third-order valence-electron chi connectivity index (χ3n) is 2.26. The molecule has 0 aliphatic carbocycles. The van der Waals surface area contributed by atoms with E-state index in [0.717, 1.165) is 0 Å². The Morgan fingerprint density at radius 1 is 1.40 bits per heavy atom. The first-order valence-corrected chi connectivity index (χ1v) is 6.78. The molecule has 1 aromatic carbocycles. The zero-order valence-electron chi connectivity index (χ0n) is 10.4. The van der Waals surface area contributed by atoms with E-state index in [1.807, 2.05) is 4.72 Å². The van der Waals surface area contributed by atoms with Crippen LogP contribution in [0.4, 0.5) is 18.9 Å². The molecule has 6 nitrogen and oxygen atoms in total. The number of hydrogen-bond donors (Lipinski definition) is 4. The second kappa shape index (κ2) is 5.67. The van der Waals surface area contributed by atoms with Crippen LogP contribution in [0.15, 0.2) is 18.2 Å². The average Bonchev–Trinajstić information content (AvgIpc) is 2.28. The van der Waals surface area contributed by atoms with Crippen molar-refractivity contribution in [2.24, 2.45) is 5.73 Å². The maximum absolute atomic E-state index is 12.0. The molecule has 0 radical (unpaired) electrons. The number of halogens is 3. The lowest BCUT2D eigenvalue weighted by atomic mass is 10.1. The monoisotopic (exact) mass is 310 g/mol. The first kappa shape index (κ1) is 16.2. The van der Waals surface area contributed by atoms with Crippen LogP contribution >= 0.6 is 0 Å². The lowest BCUT2D eigenvalue weighted by Crippen LogP contribution is -2.37. The number of hydrogen-bond acceptors (Lipinski definition) is 3. The van der Waals surface area contributed by atoms with E-state index in [2.05, 4.69) is 0 Å². The molecule has 0 aliphatic rings. The highest BCUT2D eigenvalue weighted by atomic mass is 32.2. The Morgan fingerprint density at radius 3 is 2.50 bits per heavy atom. The Balaban J connectivity index is 2.92. The van der Waals surface area contributed by atoms with Crippen molar-refractivity contribution in [3.63, 3.8) is 0 Å². The Morgan fingerprint density at radius 2 is 2.00 bits per heavy atom. The SMILES string of the molecule is Cc1ccc(C(=N)N)cc1NS(=O)(=O)NCC(F)(F)F. The van der Waals surface area contributed by atoms with Crippen LogP contribution in [0.1, 0.15) is 11.1 Å². The van der Waals surface area contributed by atoms with Crippen molar-refractivity contribution in [2.45, 2.75) is 13.1 Å². The molecule has 0 saturated heterocycles. The minimum absolute atomic E-state index is 0.0485. The number of nitrogens with two attached hydrogens (primary N) is 1. The highest BCUT2D eigenvalue weighted by Crippen LogP contribution is 2.18. The van der Waals surface area contributed by atoms with Crippen molar-refractivity contribution >= 4 is 21.7 Å². The summed E-state index contributed by atoms with van der Waals surface area (Å²) in [4.78, 5) is 0. The minimum atomic E-state index is -4.65. The Hall–Kier alpha value is -1.81. The van der Waals surface area contributed by atoms with Crippen molar-refractivity contribution in [2.75, 3.05) is 11.3 Å². The summed E-state index contributed by atoms with van der Waals surface area (Å²) < 4.78 is 62.2. The van der Waals surface area contributed by atoms with E-state index in [0.29, 0.717) is 5.56 Å². The van der Waals surface area contributed by atoms with Gasteiger partial charge in [0.2, 0.25) is 0 Å². The van der Waals surface area contributed by atoms with Gasteiger partial charge in [-0.2, -0.15) is 26.3 Å². The fourth-order valence-electron chi connectivity index (χ4n) is 1.26. The van der Waals surface area contributed by atoms with E-state index in [-0.39, 0.29) is 17.1 Å². The normalized spacial score (nSPS) is 12.2. The van der Waals surface area contributed by atoms with Crippen molar-refractivity contribution in [1.29, 1.82) is 5.41 Å². The number of nitrogens with one attached hydrogen (secondary N) is 3. The van der Waals surface area contributed by atoms with Gasteiger partial charge in [-0.15, -0.1) is 0 Å². The molecule has 0 spiro atoms. The lowest BCUT2D eigenvalue weighted by molar-refractivity contribution is -0.121. The fraction of sp³-hybridized carbons (Fsp3) is 0.300. The molecule has 0 aliphatic heterocycles. The molecule has 0 bridgehead atoms. The third-order valence-corrected chi connectivity index (χ3v) is 3.27. The van der Waals surface area contributed by atoms with Crippen LogP contribution in [0.2, 0.25) is 0 Å². The predicted octanol–water partition coefficient (Wildman–Crippen LogP) is 1.09. The standard InChI is InChI=1S/C10H13F3N4O2S/c1-6-2-3-7(9(14)15)4-8(6)17-20(18,19)16-5-10(11,12)13/h2-4,16-17H,5H2,1H3,(H3,14,15). The summed E-state index contributed by atoms with van der Waals surface area (Å²) in [5.41, 5.74) is 6.04. The first-order chi connectivity index (χ1) is 9.00. The van der Waals surface area contributed by atoms with Crippen LogP contribution in [-0.2, 0) is 10.2 Å². The molecule has 10 heteroatoms. The molecule has 0 atom stereocenters. The number of benzene rings is 1. The maximum atomic E-state index is 12.0. The van der Waals surface area contributed by atoms with E-state index in [4.69, 9.17) is 11.1 Å². The largest absolute Gasteiger partial charge is 0.402 e. The van der Waals surface area contributed by atoms with Crippen LogP contribution < -0.4 is 15.2 Å². The molecule has 0 amide bonds. The molecule has 0 heterocycles. The summed E-state index contributed by atoms with van der Waals surface area (Å²) in [6.07, 6.45) is -4.65. The molecule has 112 valence electrons. The molecule has 1 aromatic rings. The number of alkyl halides is 3. The predicted molar refractivity (Wildman–Crippen MR) is 68.8 cm³/mol. The molecular formula is C10H13F3N4O2S. The highest BCUT2D eigenvalue weighted by molar-refractivity contribution is 7.90. The molecular weight excluding hydrogens is 297 g/mol. The topological polar surface area (TPSA) is 108 Å². The van der Waals surface area contributed by atoms with E-state index in [1.165, 1.54) is 22.9 Å². The summed E-state index contributed by atoms with van der Waals surface area (Å²) >= 11 is 0. The second-order valence-corrected chi connectivity index (χ2v) is 5.48. The van der Waals surface area contributed by atoms with Gasteiger partial charge in [-0.05, 0) is 18.6 Å². The van der Waals surface area contributed by atoms with E-state index >= 15 is 0 Å². The smallest absolute Gasteiger partial charge is 0.384 e. The van der Waals surface area contributed by atoms with Crippen molar-refractivity contribution in [1.82, 2.24) is 4.72 Å². The van der Waals surface area contributed by atoms with Gasteiger partial charge in [0, 0.05) is 5.56 Å². The molecule has 0 aromatic heterocycles. The van der Waals surface area contributed by atoms with Gasteiger partial charge in [-0.3, -0.25) is 10.1 Å². The quantitative estimate of drug-likeness (QED) is 0.483. The maximum Gasteiger partial charge on any atom is 0.402 e. The first-order valence-electron chi connectivity index (χ1n) is 5.29. The molecule has 5 N–H and O–H groups in total. The average molecular weight is 310 g/mol. The Bertz CT molecular complexity index is 613. The summed E-state index contributed by atoms with van der Waals surface area (Å²) in [7, 11) is -4.36. The summed E-state index contributed by atoms with van der Waals surface area (Å²) in [5, 5.41) is 7.23. The fourth-order valence-corrected chi connectivity index (χ4v) is 2.19. The molecule has 0 saturated carbocycles. The van der Waals surface area contributed by atoms with Gasteiger partial charge in [-0.1, -0.05) is 12.1 Å². The van der Waals surface area contributed by atoms with Crippen LogP contribution in [0, 0.1) is 12.3 Å². The van der Waals surface area contributed by atoms with Crippen LogP contribution in [0.25, 0.3) is 0 Å². The number of amidine groups is 1. The molecule has 0 unspecified atom stereocenters. The molecule has 20 heavy (non-hydrogen) atoms. The summed E-state index contributed by atoms with van der Waals surface area (Å²) in [5.74, 6) is -0.284. The van der Waals surface area contributed by atoms with Crippen molar-refractivity contribution in [3.05, 3.63) is 29.3 Å². The van der Waals surface area contributed by atoms with E-state index in [9.17, 15) is 21.6 Å². The number of rotatable bonds is 5. The van der Waals surface area contributed by atoms with Gasteiger partial charge in [0.25, 0.3) is 10.2 Å². The second-order valence-electron chi connectivity index (χ2n) is 3.99. The van der Waals surface area contributed by atoms with Gasteiger partial charge in [0.05, 0.1) is 5.69 Å². The van der Waals surface area contributed by atoms with Gasteiger partial charge < -0.3 is 5.73 Å². The number of anilines is 1. The van der Waals surface area contributed by atoms with Gasteiger partial charge >= 0.3 is 6.18 Å². The summed E-state index contributed by atoms with van der Waals surface area (Å²) in [6, 6.07) is 4.27. The lowest BCUT2D eigenvalue weighted by Gasteiger charge is -2.13. The van der Waals surface area contributed by atoms with E-state index < -0.39 is 22.9 Å². The van der Waals surface area contributed by atoms with Gasteiger partial charge in [0.15, 0.2) is 0 Å². The number of nitrogen functional groups attached to an aromatic ring is 1. The van der Waals surface area contributed by atoms with Gasteiger partial charge in [-0.25, -0.2) is 0 Å². The summed E-state index contributed by atoms with van der Waals surface area (Å²) in [6.45, 7) is -0.112. The zero-order valence-corrected chi connectivity index (χ0v) is 11.2. The van der Waals surface area contributed by atoms with Crippen molar-refractivity contribution < 1.29 is 21.6 Å². The highest BCUT2D eigenvalue weighted by Gasteiger charge is 2.29. The van der Waals surface area contributed by atoms with Crippen LogP contribution in [-0.4, -0.2) is 27.0 Å². The van der Waals surface area contributed by atoms with E-state index in [1.54, 1.807) is 6.92 Å². The Kier molecular flexibility index (Phi) is 4.61. The van der Waals surface area contributed by atoms with Crippen LogP contribution in [0.3, 0.4) is 0 Å².